The Balaban J connectivity index is 2.92. The Hall–Kier alpha value is -1.75. The minimum absolute atomic E-state index is 0.538. The number of rotatable bonds is 0. The zero-order valence-corrected chi connectivity index (χ0v) is 5.66. The quantitative estimate of drug-likeness (QED) is 0.564. The zero-order chi connectivity index (χ0) is 7.68. The summed E-state index contributed by atoms with van der Waals surface area (Å²) in [6.07, 6.45) is 1.57. The molecule has 2 heteroatoms. The van der Waals surface area contributed by atoms with Gasteiger partial charge in [-0.25, -0.2) is 0 Å². The molecule has 0 atom stereocenters. The Kier molecular flexibility index (Phi) is 1.16. The third-order valence-corrected chi connectivity index (χ3v) is 1.54. The van der Waals surface area contributed by atoms with Crippen molar-refractivity contribution in [1.29, 1.82) is 5.26 Å². The monoisotopic (exact) mass is 142 g/mol. The summed E-state index contributed by atoms with van der Waals surface area (Å²) in [5.41, 5.74) is 1.27. The lowest BCUT2D eigenvalue weighted by atomic mass is 10.1. The average molecular weight is 142 g/mol. The van der Waals surface area contributed by atoms with Crippen LogP contribution < -0.4 is 0 Å². The SMILES string of the molecule is N#Cc1[c]ccc2occc12. The molecule has 0 bridgehead atoms. The second-order valence-electron chi connectivity index (χ2n) is 2.16. The maximum absolute atomic E-state index is 8.63. The first-order valence-corrected chi connectivity index (χ1v) is 3.20. The number of hydrogen-bond acceptors (Lipinski definition) is 2. The van der Waals surface area contributed by atoms with Crippen molar-refractivity contribution >= 4 is 11.0 Å². The molecular formula is C9H4NO. The Morgan fingerprint density at radius 1 is 1.45 bits per heavy atom. The van der Waals surface area contributed by atoms with Gasteiger partial charge in [0.15, 0.2) is 0 Å². The molecule has 0 aliphatic heterocycles. The summed E-state index contributed by atoms with van der Waals surface area (Å²) in [4.78, 5) is 0. The summed E-state index contributed by atoms with van der Waals surface area (Å²) in [6, 6.07) is 10.1. The molecule has 2 aromatic rings. The van der Waals surface area contributed by atoms with Crippen LogP contribution in [0.15, 0.2) is 28.9 Å². The number of nitriles is 1. The fraction of sp³-hybridized carbons (Fsp3) is 0. The van der Waals surface area contributed by atoms with Crippen LogP contribution in [0, 0.1) is 17.4 Å². The second kappa shape index (κ2) is 2.14. The summed E-state index contributed by atoms with van der Waals surface area (Å²) in [7, 11) is 0. The van der Waals surface area contributed by atoms with Crippen LogP contribution in [0.1, 0.15) is 5.56 Å². The van der Waals surface area contributed by atoms with Gasteiger partial charge in [-0.2, -0.15) is 5.26 Å². The van der Waals surface area contributed by atoms with E-state index in [-0.39, 0.29) is 0 Å². The molecule has 0 fully saturated rings. The molecule has 1 aromatic heterocycles. The summed E-state index contributed by atoms with van der Waals surface area (Å²) >= 11 is 0. The van der Waals surface area contributed by atoms with Gasteiger partial charge in [0.2, 0.25) is 0 Å². The molecule has 2 nitrogen and oxygen atoms in total. The van der Waals surface area contributed by atoms with E-state index in [1.165, 1.54) is 0 Å². The van der Waals surface area contributed by atoms with Gasteiger partial charge < -0.3 is 4.42 Å². The first-order valence-electron chi connectivity index (χ1n) is 3.20. The lowest BCUT2D eigenvalue weighted by molar-refractivity contribution is 0.616. The van der Waals surface area contributed by atoms with Gasteiger partial charge in [-0.05, 0) is 18.2 Å². The van der Waals surface area contributed by atoms with Gasteiger partial charge in [0, 0.05) is 11.5 Å². The van der Waals surface area contributed by atoms with E-state index in [2.05, 4.69) is 6.07 Å². The normalized spacial score (nSPS) is 9.73. The van der Waals surface area contributed by atoms with Crippen LogP contribution >= 0.6 is 0 Å². The van der Waals surface area contributed by atoms with Gasteiger partial charge in [0.05, 0.1) is 11.8 Å². The molecule has 0 N–H and O–H groups in total. The van der Waals surface area contributed by atoms with Crippen molar-refractivity contribution in [3.05, 3.63) is 36.1 Å². The van der Waals surface area contributed by atoms with Crippen molar-refractivity contribution in [2.24, 2.45) is 0 Å². The van der Waals surface area contributed by atoms with E-state index in [0.29, 0.717) is 5.56 Å². The molecule has 0 aliphatic rings. The zero-order valence-electron chi connectivity index (χ0n) is 5.66. The average Bonchev–Trinajstić information content (AvgIpc) is 2.50. The summed E-state index contributed by atoms with van der Waals surface area (Å²) in [6.45, 7) is 0. The fourth-order valence-corrected chi connectivity index (χ4v) is 1.03. The van der Waals surface area contributed by atoms with Crippen molar-refractivity contribution in [2.45, 2.75) is 0 Å². The molecule has 11 heavy (non-hydrogen) atoms. The molecule has 0 spiro atoms. The Bertz CT molecular complexity index is 422. The van der Waals surface area contributed by atoms with Crippen molar-refractivity contribution in [3.63, 3.8) is 0 Å². The van der Waals surface area contributed by atoms with Crippen molar-refractivity contribution in [3.8, 4) is 6.07 Å². The molecule has 0 amide bonds. The molecule has 1 heterocycles. The van der Waals surface area contributed by atoms with E-state index >= 15 is 0 Å². The molecule has 2 rings (SSSR count). The highest BCUT2D eigenvalue weighted by atomic mass is 16.3. The Morgan fingerprint density at radius 2 is 2.36 bits per heavy atom. The molecule has 1 aromatic carbocycles. The number of benzene rings is 1. The Morgan fingerprint density at radius 3 is 3.18 bits per heavy atom. The van der Waals surface area contributed by atoms with Crippen molar-refractivity contribution < 1.29 is 4.42 Å². The van der Waals surface area contributed by atoms with E-state index in [1.807, 2.05) is 6.07 Å². The van der Waals surface area contributed by atoms with E-state index in [9.17, 15) is 0 Å². The first kappa shape index (κ1) is 5.99. The highest BCUT2D eigenvalue weighted by Crippen LogP contribution is 2.17. The van der Waals surface area contributed by atoms with Crippen molar-refractivity contribution in [1.82, 2.24) is 0 Å². The highest BCUT2D eigenvalue weighted by Gasteiger charge is 2.00. The topological polar surface area (TPSA) is 36.9 Å². The number of furan rings is 1. The van der Waals surface area contributed by atoms with Crippen LogP contribution in [-0.4, -0.2) is 0 Å². The minimum atomic E-state index is 0.538. The molecule has 1 radical (unpaired) electrons. The van der Waals surface area contributed by atoms with Crippen LogP contribution in [0.4, 0.5) is 0 Å². The lowest BCUT2D eigenvalue weighted by Crippen LogP contribution is -1.73. The minimum Gasteiger partial charge on any atom is -0.464 e. The molecule has 0 saturated carbocycles. The van der Waals surface area contributed by atoms with Crippen LogP contribution in [0.3, 0.4) is 0 Å². The molecule has 0 unspecified atom stereocenters. The van der Waals surface area contributed by atoms with Gasteiger partial charge in [-0.15, -0.1) is 0 Å². The van der Waals surface area contributed by atoms with Crippen LogP contribution in [0.5, 0.6) is 0 Å². The van der Waals surface area contributed by atoms with Gasteiger partial charge in [0.25, 0.3) is 0 Å². The molecule has 0 saturated heterocycles. The van der Waals surface area contributed by atoms with E-state index in [4.69, 9.17) is 9.68 Å². The summed E-state index contributed by atoms with van der Waals surface area (Å²) < 4.78 is 5.09. The van der Waals surface area contributed by atoms with E-state index in [0.717, 1.165) is 11.0 Å². The van der Waals surface area contributed by atoms with Crippen LogP contribution in [-0.2, 0) is 0 Å². The standard InChI is InChI=1S/C9H4NO/c10-6-7-2-1-3-9-8(7)4-5-11-9/h1,3-5H. The number of hydrogen-bond donors (Lipinski definition) is 0. The predicted molar refractivity (Wildman–Crippen MR) is 39.8 cm³/mol. The fourth-order valence-electron chi connectivity index (χ4n) is 1.03. The van der Waals surface area contributed by atoms with E-state index in [1.54, 1.807) is 24.5 Å². The second-order valence-corrected chi connectivity index (χ2v) is 2.16. The van der Waals surface area contributed by atoms with Gasteiger partial charge in [-0.3, -0.25) is 0 Å². The van der Waals surface area contributed by atoms with Gasteiger partial charge >= 0.3 is 0 Å². The van der Waals surface area contributed by atoms with Crippen LogP contribution in [0.2, 0.25) is 0 Å². The maximum Gasteiger partial charge on any atom is 0.135 e. The largest absolute Gasteiger partial charge is 0.464 e. The lowest BCUT2D eigenvalue weighted by Gasteiger charge is -1.87. The molecule has 0 aliphatic carbocycles. The smallest absolute Gasteiger partial charge is 0.135 e. The first-order chi connectivity index (χ1) is 5.42. The third-order valence-electron chi connectivity index (χ3n) is 1.54. The molecule has 51 valence electrons. The van der Waals surface area contributed by atoms with Crippen LogP contribution in [0.25, 0.3) is 11.0 Å². The third kappa shape index (κ3) is 0.786. The maximum atomic E-state index is 8.63. The van der Waals surface area contributed by atoms with Gasteiger partial charge in [-0.1, -0.05) is 0 Å². The molecular weight excluding hydrogens is 138 g/mol. The highest BCUT2D eigenvalue weighted by molar-refractivity contribution is 5.82. The van der Waals surface area contributed by atoms with Crippen molar-refractivity contribution in [2.75, 3.05) is 0 Å². The van der Waals surface area contributed by atoms with Gasteiger partial charge in [0.1, 0.15) is 11.7 Å². The predicted octanol–water partition coefficient (Wildman–Crippen LogP) is 2.10. The Labute approximate surface area is 63.7 Å². The summed E-state index contributed by atoms with van der Waals surface area (Å²) in [5, 5.41) is 9.46. The van der Waals surface area contributed by atoms with E-state index < -0.39 is 0 Å². The number of nitrogens with zero attached hydrogens (tertiary/aromatic N) is 1. The summed E-state index contributed by atoms with van der Waals surface area (Å²) in [5.74, 6) is 0. The number of fused-ring (bicyclic) bond motifs is 1.